The van der Waals surface area contributed by atoms with E-state index in [-0.39, 0.29) is 11.6 Å². The van der Waals surface area contributed by atoms with Gasteiger partial charge < -0.3 is 9.72 Å². The standard InChI is InChI=1S/C19H18N4O2/c1-11-2-3-13-14(10-11)17-16-15(21-22-17)4-7-20-18(16)23(19(13)24)12-5-8-25-9-6-12/h2-4,7,10,12,20H,5-6,8-9H2,1H3. The lowest BCUT2D eigenvalue weighted by atomic mass is 10.1. The van der Waals surface area contributed by atoms with Gasteiger partial charge in [-0.3, -0.25) is 9.36 Å². The summed E-state index contributed by atoms with van der Waals surface area (Å²) in [6.07, 6.45) is 3.49. The summed E-state index contributed by atoms with van der Waals surface area (Å²) in [5, 5.41) is 11.2. The van der Waals surface area contributed by atoms with Crippen molar-refractivity contribution in [1.29, 1.82) is 0 Å². The number of aryl methyl sites for hydroxylation is 1. The van der Waals surface area contributed by atoms with Crippen LogP contribution in [0.4, 0.5) is 0 Å². The van der Waals surface area contributed by atoms with E-state index < -0.39 is 0 Å². The molecule has 6 nitrogen and oxygen atoms in total. The molecule has 1 fully saturated rings. The van der Waals surface area contributed by atoms with Gasteiger partial charge in [-0.05, 0) is 38.0 Å². The summed E-state index contributed by atoms with van der Waals surface area (Å²) in [5.41, 5.74) is 3.50. The highest BCUT2D eigenvalue weighted by Gasteiger charge is 2.22. The second kappa shape index (κ2) is 5.39. The fourth-order valence-electron chi connectivity index (χ4n) is 3.89. The van der Waals surface area contributed by atoms with Crippen LogP contribution in [-0.2, 0) is 4.74 Å². The van der Waals surface area contributed by atoms with Crippen LogP contribution >= 0.6 is 0 Å². The highest BCUT2D eigenvalue weighted by molar-refractivity contribution is 6.14. The van der Waals surface area contributed by atoms with Gasteiger partial charge in [-0.1, -0.05) is 11.6 Å². The maximum Gasteiger partial charge on any atom is 0.260 e. The van der Waals surface area contributed by atoms with Gasteiger partial charge in [-0.25, -0.2) is 0 Å². The van der Waals surface area contributed by atoms with E-state index in [1.54, 1.807) is 0 Å². The SMILES string of the molecule is Cc1ccc2c(=O)n(C3CCOCC3)c3[nH]ccc4nnc(c2c1)c43. The van der Waals surface area contributed by atoms with E-state index >= 15 is 0 Å². The normalized spacial score (nSPS) is 16.2. The molecular weight excluding hydrogens is 316 g/mol. The van der Waals surface area contributed by atoms with Gasteiger partial charge in [-0.2, -0.15) is 0 Å². The second-order valence-electron chi connectivity index (χ2n) is 6.70. The highest BCUT2D eigenvalue weighted by Crippen LogP contribution is 2.30. The molecule has 0 aliphatic carbocycles. The zero-order valence-electron chi connectivity index (χ0n) is 14.0. The van der Waals surface area contributed by atoms with E-state index in [1.807, 2.05) is 42.0 Å². The molecule has 3 aromatic heterocycles. The van der Waals surface area contributed by atoms with Crippen molar-refractivity contribution < 1.29 is 4.74 Å². The average Bonchev–Trinajstić information content (AvgIpc) is 3.03. The van der Waals surface area contributed by atoms with E-state index in [2.05, 4.69) is 15.2 Å². The Hall–Kier alpha value is -2.73. The first-order valence-electron chi connectivity index (χ1n) is 8.60. The average molecular weight is 334 g/mol. The van der Waals surface area contributed by atoms with E-state index in [0.29, 0.717) is 18.6 Å². The molecule has 1 aliphatic rings. The minimum absolute atomic E-state index is 0.0173. The molecule has 0 spiro atoms. The Morgan fingerprint density at radius 3 is 2.84 bits per heavy atom. The van der Waals surface area contributed by atoms with Gasteiger partial charge in [0.2, 0.25) is 0 Å². The molecule has 6 heteroatoms. The number of hydrogen-bond donors (Lipinski definition) is 1. The third-order valence-electron chi connectivity index (χ3n) is 5.13. The summed E-state index contributed by atoms with van der Waals surface area (Å²) < 4.78 is 7.40. The number of fused-ring (bicyclic) bond motifs is 2. The van der Waals surface area contributed by atoms with E-state index in [4.69, 9.17) is 4.74 Å². The van der Waals surface area contributed by atoms with Gasteiger partial charge in [0.15, 0.2) is 0 Å². The van der Waals surface area contributed by atoms with E-state index in [0.717, 1.165) is 45.9 Å². The van der Waals surface area contributed by atoms with Crippen LogP contribution in [0.15, 0.2) is 35.3 Å². The van der Waals surface area contributed by atoms with E-state index in [9.17, 15) is 4.79 Å². The minimum atomic E-state index is 0.0173. The first-order chi connectivity index (χ1) is 12.2. The zero-order valence-corrected chi connectivity index (χ0v) is 14.0. The summed E-state index contributed by atoms with van der Waals surface area (Å²) in [6, 6.07) is 7.93. The fourth-order valence-corrected chi connectivity index (χ4v) is 3.89. The quantitative estimate of drug-likeness (QED) is 0.580. The van der Waals surface area contributed by atoms with Crippen molar-refractivity contribution >= 4 is 32.8 Å². The number of aromatic nitrogens is 4. The maximum atomic E-state index is 13.5. The van der Waals surface area contributed by atoms with Gasteiger partial charge in [0.25, 0.3) is 5.56 Å². The molecule has 0 unspecified atom stereocenters. The summed E-state index contributed by atoms with van der Waals surface area (Å²) in [7, 11) is 0. The smallest absolute Gasteiger partial charge is 0.260 e. The Morgan fingerprint density at radius 1 is 1.16 bits per heavy atom. The molecule has 0 atom stereocenters. The zero-order chi connectivity index (χ0) is 17.0. The Morgan fingerprint density at radius 2 is 2.00 bits per heavy atom. The Labute approximate surface area is 143 Å². The number of H-pyrrole nitrogens is 1. The summed E-state index contributed by atoms with van der Waals surface area (Å²) >= 11 is 0. The first kappa shape index (κ1) is 14.6. The number of nitrogens with zero attached hydrogens (tertiary/aromatic N) is 3. The number of pyridine rings is 1. The van der Waals surface area contributed by atoms with Gasteiger partial charge in [0, 0.05) is 36.2 Å². The molecular formula is C19H18N4O2. The van der Waals surface area contributed by atoms with Crippen LogP contribution in [0.5, 0.6) is 0 Å². The van der Waals surface area contributed by atoms with Crippen molar-refractivity contribution in [3.05, 3.63) is 46.4 Å². The molecule has 0 amide bonds. The topological polar surface area (TPSA) is 72.8 Å². The number of aromatic amines is 1. The molecule has 0 saturated carbocycles. The van der Waals surface area contributed by atoms with Gasteiger partial charge in [0.05, 0.1) is 5.39 Å². The molecule has 4 aromatic rings. The van der Waals surface area contributed by atoms with Crippen molar-refractivity contribution in [2.75, 3.05) is 13.2 Å². The predicted molar refractivity (Wildman–Crippen MR) is 97.0 cm³/mol. The Balaban J connectivity index is 2.04. The molecule has 0 bridgehead atoms. The van der Waals surface area contributed by atoms with Crippen molar-refractivity contribution in [3.63, 3.8) is 0 Å². The lowest BCUT2D eigenvalue weighted by molar-refractivity contribution is 0.0698. The largest absolute Gasteiger partial charge is 0.381 e. The predicted octanol–water partition coefficient (Wildman–Crippen LogP) is 3.09. The lowest BCUT2D eigenvalue weighted by Gasteiger charge is -2.24. The van der Waals surface area contributed by atoms with Gasteiger partial charge in [0.1, 0.15) is 16.7 Å². The number of benzene rings is 1. The molecule has 0 radical (unpaired) electrons. The molecule has 1 saturated heterocycles. The molecule has 4 heterocycles. The number of nitrogens with one attached hydrogen (secondary N) is 1. The van der Waals surface area contributed by atoms with Gasteiger partial charge >= 0.3 is 0 Å². The van der Waals surface area contributed by atoms with Crippen LogP contribution in [0.3, 0.4) is 0 Å². The monoisotopic (exact) mass is 334 g/mol. The number of rotatable bonds is 1. The van der Waals surface area contributed by atoms with Crippen LogP contribution in [-0.4, -0.2) is 33.0 Å². The van der Waals surface area contributed by atoms with Crippen molar-refractivity contribution in [1.82, 2.24) is 19.7 Å². The lowest BCUT2D eigenvalue weighted by Crippen LogP contribution is -2.28. The molecule has 1 aliphatic heterocycles. The minimum Gasteiger partial charge on any atom is -0.381 e. The Bertz CT molecular complexity index is 1170. The second-order valence-corrected chi connectivity index (χ2v) is 6.70. The summed E-state index contributed by atoms with van der Waals surface area (Å²) in [5.74, 6) is 0. The van der Waals surface area contributed by atoms with Crippen molar-refractivity contribution in [2.24, 2.45) is 0 Å². The third kappa shape index (κ3) is 2.10. The summed E-state index contributed by atoms with van der Waals surface area (Å²) in [6.45, 7) is 3.38. The first-order valence-corrected chi connectivity index (χ1v) is 8.60. The van der Waals surface area contributed by atoms with Crippen LogP contribution < -0.4 is 5.56 Å². The fraction of sp³-hybridized carbons (Fsp3) is 0.316. The maximum absolute atomic E-state index is 13.5. The van der Waals surface area contributed by atoms with Crippen molar-refractivity contribution in [2.45, 2.75) is 25.8 Å². The molecule has 25 heavy (non-hydrogen) atoms. The van der Waals surface area contributed by atoms with Crippen molar-refractivity contribution in [3.8, 4) is 0 Å². The molecule has 5 rings (SSSR count). The third-order valence-corrected chi connectivity index (χ3v) is 5.13. The molecule has 126 valence electrons. The van der Waals surface area contributed by atoms with Crippen LogP contribution in [0.25, 0.3) is 32.8 Å². The number of hydrogen-bond acceptors (Lipinski definition) is 4. The van der Waals surface area contributed by atoms with Crippen LogP contribution in [0, 0.1) is 6.92 Å². The highest BCUT2D eigenvalue weighted by atomic mass is 16.5. The van der Waals surface area contributed by atoms with Gasteiger partial charge in [-0.15, -0.1) is 10.2 Å². The Kier molecular flexibility index (Phi) is 3.15. The van der Waals surface area contributed by atoms with Crippen LogP contribution in [0.1, 0.15) is 24.4 Å². The number of ether oxygens (including phenoxy) is 1. The van der Waals surface area contributed by atoms with Crippen LogP contribution in [0.2, 0.25) is 0 Å². The van der Waals surface area contributed by atoms with E-state index in [1.165, 1.54) is 0 Å². The molecule has 1 aromatic carbocycles. The summed E-state index contributed by atoms with van der Waals surface area (Å²) in [4.78, 5) is 16.8. The molecule has 1 N–H and O–H groups in total.